The van der Waals surface area contributed by atoms with Gasteiger partial charge in [0.1, 0.15) is 23.8 Å². The fourth-order valence-corrected chi connectivity index (χ4v) is 5.48. The van der Waals surface area contributed by atoms with Gasteiger partial charge in [-0.05, 0) is 12.1 Å². The highest BCUT2D eigenvalue weighted by atomic mass is 32.2. The lowest BCUT2D eigenvalue weighted by Crippen LogP contribution is -2.68. The number of esters is 1. The number of nitrogens with two attached hydrogens (primary N) is 1. The van der Waals surface area contributed by atoms with Crippen molar-refractivity contribution >= 4 is 39.4 Å². The van der Waals surface area contributed by atoms with E-state index < -0.39 is 43.4 Å². The van der Waals surface area contributed by atoms with Crippen LogP contribution in [0.4, 0.5) is 5.69 Å². The summed E-state index contributed by atoms with van der Waals surface area (Å²) in [6.45, 7) is 0.845. The van der Waals surface area contributed by atoms with E-state index in [1.807, 2.05) is 0 Å². The second-order valence-electron chi connectivity index (χ2n) is 5.91. The number of ether oxygens (including phenoxy) is 1. The predicted molar refractivity (Wildman–Crippen MR) is 97.4 cm³/mol. The molecule has 1 aromatic carbocycles. The minimum Gasteiger partial charge on any atom is -0.461 e. The third-order valence-corrected chi connectivity index (χ3v) is 6.71. The van der Waals surface area contributed by atoms with Gasteiger partial charge in [-0.15, -0.1) is 11.8 Å². The second-order valence-corrected chi connectivity index (χ2v) is 8.48. The number of carbonyl (C=O) groups excluding carboxylic acids is 2. The summed E-state index contributed by atoms with van der Waals surface area (Å²) in [5.74, 6) is -1.20. The number of nitro benzene ring substituents is 1. The van der Waals surface area contributed by atoms with Crippen molar-refractivity contribution in [1.82, 2.24) is 4.90 Å². The maximum atomic E-state index is 12.9. The molecule has 0 radical (unpaired) electrons. The van der Waals surface area contributed by atoms with Crippen LogP contribution in [0.2, 0.25) is 0 Å². The molecule has 1 saturated heterocycles. The summed E-state index contributed by atoms with van der Waals surface area (Å²) < 4.78 is 35.7. The van der Waals surface area contributed by atoms with Gasteiger partial charge < -0.3 is 14.7 Å². The number of hydrogen-bond acceptors (Lipinski definition) is 10. The Morgan fingerprint density at radius 1 is 1.39 bits per heavy atom. The molecule has 28 heavy (non-hydrogen) atoms. The topological polar surface area (TPSA) is 159 Å². The van der Waals surface area contributed by atoms with Crippen molar-refractivity contribution in [1.29, 1.82) is 0 Å². The van der Waals surface area contributed by atoms with E-state index in [9.17, 15) is 28.1 Å². The molecule has 150 valence electrons. The first-order valence-electron chi connectivity index (χ1n) is 7.86. The Morgan fingerprint density at radius 2 is 2.04 bits per heavy atom. The molecule has 2 aliphatic heterocycles. The van der Waals surface area contributed by atoms with Gasteiger partial charge >= 0.3 is 16.1 Å². The number of nitrogens with zero attached hydrogens (tertiary/aromatic N) is 2. The van der Waals surface area contributed by atoms with Gasteiger partial charge in [-0.2, -0.15) is 8.42 Å². The van der Waals surface area contributed by atoms with Crippen LogP contribution in [0.5, 0.6) is 5.75 Å². The summed E-state index contributed by atoms with van der Waals surface area (Å²) in [6.07, 6.45) is 0. The van der Waals surface area contributed by atoms with Gasteiger partial charge in [-0.3, -0.25) is 24.6 Å². The minimum atomic E-state index is -4.50. The summed E-state index contributed by atoms with van der Waals surface area (Å²) >= 11 is 1.25. The average Bonchev–Trinajstić information content (AvgIpc) is 2.64. The van der Waals surface area contributed by atoms with Crippen LogP contribution in [-0.2, 0) is 24.4 Å². The molecule has 2 atom stereocenters. The number of fused-ring (bicyclic) bond motifs is 1. The van der Waals surface area contributed by atoms with E-state index in [-0.39, 0.29) is 29.4 Å². The normalized spacial score (nSPS) is 21.6. The number of hydrogen-bond donors (Lipinski definition) is 1. The van der Waals surface area contributed by atoms with Gasteiger partial charge in [0.15, 0.2) is 5.03 Å². The number of rotatable bonds is 6. The zero-order valence-corrected chi connectivity index (χ0v) is 16.1. The van der Waals surface area contributed by atoms with Crippen LogP contribution >= 0.6 is 11.8 Å². The number of amides is 1. The first-order valence-corrected chi connectivity index (χ1v) is 10.3. The van der Waals surface area contributed by atoms with Crippen molar-refractivity contribution in [3.05, 3.63) is 45.0 Å². The second kappa shape index (κ2) is 7.41. The van der Waals surface area contributed by atoms with E-state index in [0.717, 1.165) is 29.2 Å². The molecular weight excluding hydrogens is 414 g/mol. The lowest BCUT2D eigenvalue weighted by atomic mass is 10.1. The zero-order valence-electron chi connectivity index (χ0n) is 14.4. The molecular formula is C15H15N3O8S2. The molecule has 0 spiro atoms. The van der Waals surface area contributed by atoms with E-state index >= 15 is 0 Å². The van der Waals surface area contributed by atoms with Gasteiger partial charge in [0, 0.05) is 30.4 Å². The maximum absolute atomic E-state index is 12.9. The molecule has 0 bridgehead atoms. The van der Waals surface area contributed by atoms with Crippen molar-refractivity contribution in [2.75, 3.05) is 12.4 Å². The van der Waals surface area contributed by atoms with Crippen LogP contribution in [-0.4, -0.2) is 53.9 Å². The summed E-state index contributed by atoms with van der Waals surface area (Å²) in [5, 5.41) is 9.72. The fourth-order valence-electron chi connectivity index (χ4n) is 2.68. The van der Waals surface area contributed by atoms with Crippen LogP contribution in [0.15, 0.2) is 34.9 Å². The Kier molecular flexibility index (Phi) is 5.32. The van der Waals surface area contributed by atoms with Gasteiger partial charge in [0.2, 0.25) is 5.91 Å². The number of carbonyl (C=O) groups is 2. The monoisotopic (exact) mass is 429 g/mol. The third kappa shape index (κ3) is 3.68. The molecule has 13 heteroatoms. The van der Waals surface area contributed by atoms with Gasteiger partial charge in [-0.1, -0.05) is 0 Å². The molecule has 0 unspecified atom stereocenters. The van der Waals surface area contributed by atoms with E-state index in [1.54, 1.807) is 0 Å². The van der Waals surface area contributed by atoms with Crippen molar-refractivity contribution in [2.24, 2.45) is 5.73 Å². The largest absolute Gasteiger partial charge is 0.461 e. The van der Waals surface area contributed by atoms with Crippen LogP contribution < -0.4 is 9.92 Å². The standard InChI is InChI=1S/C15H15N3O8S2/c1-8(19)25-6-9-7-27-14-12(16)13(20)17(14)15(9)28(23,24)26-11-4-2-10(3-5-11)18(21)22/h2-5,12,14H,6-7,16H2,1H3/t12-,14-/m1/s1. The highest BCUT2D eigenvalue weighted by molar-refractivity contribution is 8.00. The molecule has 3 rings (SSSR count). The minimum absolute atomic E-state index is 0.169. The Labute approximate surface area is 163 Å². The van der Waals surface area contributed by atoms with Crippen molar-refractivity contribution in [2.45, 2.75) is 18.3 Å². The summed E-state index contributed by atoms with van der Waals surface area (Å²) in [6, 6.07) is 3.58. The molecule has 11 nitrogen and oxygen atoms in total. The third-order valence-electron chi connectivity index (χ3n) is 3.97. The number of β-lactam (4-membered cyclic amide) rings is 1. The molecule has 1 fully saturated rings. The average molecular weight is 429 g/mol. The Hall–Kier alpha value is -2.64. The number of benzene rings is 1. The fraction of sp³-hybridized carbons (Fsp3) is 0.333. The van der Waals surface area contributed by atoms with Gasteiger partial charge in [0.25, 0.3) is 5.69 Å². The highest BCUT2D eigenvalue weighted by Gasteiger charge is 2.54. The summed E-state index contributed by atoms with van der Waals surface area (Å²) in [7, 11) is -4.50. The number of nitro groups is 1. The maximum Gasteiger partial charge on any atom is 0.355 e. The molecule has 1 amide bonds. The number of thioether (sulfide) groups is 1. The zero-order chi connectivity index (χ0) is 20.6. The predicted octanol–water partition coefficient (Wildman–Crippen LogP) is 0.320. The molecule has 0 aromatic heterocycles. The summed E-state index contributed by atoms with van der Waals surface area (Å²) in [4.78, 5) is 34.4. The summed E-state index contributed by atoms with van der Waals surface area (Å²) in [5.41, 5.74) is 5.67. The quantitative estimate of drug-likeness (QED) is 0.219. The van der Waals surface area contributed by atoms with Crippen molar-refractivity contribution in [3.8, 4) is 5.75 Å². The van der Waals surface area contributed by atoms with E-state index in [0.29, 0.717) is 0 Å². The lowest BCUT2D eigenvalue weighted by Gasteiger charge is -2.48. The SMILES string of the molecule is CC(=O)OCC1=C(S(=O)(=O)Oc2ccc([N+](=O)[O-])cc2)N2C(=O)[C@@H](N)[C@H]2SC1. The van der Waals surface area contributed by atoms with Crippen molar-refractivity contribution < 1.29 is 31.9 Å². The van der Waals surface area contributed by atoms with Gasteiger partial charge in [0.05, 0.1) is 4.92 Å². The highest BCUT2D eigenvalue weighted by Crippen LogP contribution is 2.42. The molecule has 2 N–H and O–H groups in total. The smallest absolute Gasteiger partial charge is 0.355 e. The van der Waals surface area contributed by atoms with Crippen LogP contribution in [0.25, 0.3) is 0 Å². The van der Waals surface area contributed by atoms with Gasteiger partial charge in [-0.25, -0.2) is 0 Å². The Morgan fingerprint density at radius 3 is 2.61 bits per heavy atom. The van der Waals surface area contributed by atoms with Crippen molar-refractivity contribution in [3.63, 3.8) is 0 Å². The molecule has 2 heterocycles. The first kappa shape index (κ1) is 20.1. The van der Waals surface area contributed by atoms with Crippen LogP contribution in [0.1, 0.15) is 6.92 Å². The molecule has 1 aromatic rings. The Balaban J connectivity index is 1.95. The molecule has 0 aliphatic carbocycles. The number of non-ortho nitro benzene ring substituents is 1. The molecule has 2 aliphatic rings. The van der Waals surface area contributed by atoms with E-state index in [4.69, 9.17) is 14.7 Å². The lowest BCUT2D eigenvalue weighted by molar-refractivity contribution is -0.384. The Bertz CT molecular complexity index is 974. The van der Waals surface area contributed by atoms with E-state index in [1.165, 1.54) is 18.7 Å². The first-order chi connectivity index (χ1) is 13.1. The van der Waals surface area contributed by atoms with E-state index in [2.05, 4.69) is 0 Å². The van der Waals surface area contributed by atoms with Crippen LogP contribution in [0.3, 0.4) is 0 Å². The van der Waals surface area contributed by atoms with Crippen LogP contribution in [0, 0.1) is 10.1 Å². The molecule has 0 saturated carbocycles.